The maximum absolute atomic E-state index is 11.9. The topological polar surface area (TPSA) is 139 Å². The van der Waals surface area contributed by atoms with Gasteiger partial charge in [0.1, 0.15) is 5.70 Å². The molecular formula is C12H16N2O7. The van der Waals surface area contributed by atoms with Gasteiger partial charge in [-0.1, -0.05) is 0 Å². The number of carbonyl (C=O) groups excluding carboxylic acids is 2. The molecule has 1 saturated heterocycles. The molecule has 2 aliphatic rings. The van der Waals surface area contributed by atoms with Crippen LogP contribution in [-0.2, 0) is 19.1 Å². The van der Waals surface area contributed by atoms with E-state index in [0.717, 1.165) is 0 Å². The van der Waals surface area contributed by atoms with Gasteiger partial charge in [0, 0.05) is 0 Å². The van der Waals surface area contributed by atoms with Crippen molar-refractivity contribution < 1.29 is 34.1 Å². The zero-order valence-electron chi connectivity index (χ0n) is 11.3. The van der Waals surface area contributed by atoms with Gasteiger partial charge in [0.15, 0.2) is 6.79 Å². The molecule has 2 amide bonds. The molecule has 0 radical (unpaired) electrons. The second-order valence-electron chi connectivity index (χ2n) is 4.93. The number of fused-ring (bicyclic) bond motifs is 1. The summed E-state index contributed by atoms with van der Waals surface area (Å²) < 4.78 is 9.39. The van der Waals surface area contributed by atoms with E-state index in [2.05, 4.69) is 4.74 Å². The minimum atomic E-state index is -1.23. The number of carboxylic acids is 1. The number of nitrogens with two attached hydrogens (primary N) is 1. The first-order valence-corrected chi connectivity index (χ1v) is 6.31. The average molecular weight is 300 g/mol. The summed E-state index contributed by atoms with van der Waals surface area (Å²) in [6, 6.07) is -0.362. The lowest BCUT2D eigenvalue weighted by Crippen LogP contribution is -2.61. The first-order valence-electron chi connectivity index (χ1n) is 6.31. The van der Waals surface area contributed by atoms with Gasteiger partial charge in [0.25, 0.3) is 0 Å². The maximum atomic E-state index is 11.9. The van der Waals surface area contributed by atoms with Crippen molar-refractivity contribution in [2.24, 2.45) is 11.7 Å². The predicted molar refractivity (Wildman–Crippen MR) is 66.6 cm³/mol. The van der Waals surface area contributed by atoms with Crippen LogP contribution in [0, 0.1) is 5.92 Å². The molecule has 0 aliphatic carbocycles. The van der Waals surface area contributed by atoms with E-state index in [-0.39, 0.29) is 18.3 Å². The second kappa shape index (κ2) is 5.70. The summed E-state index contributed by atoms with van der Waals surface area (Å²) >= 11 is 0. The van der Waals surface area contributed by atoms with Crippen LogP contribution in [0.3, 0.4) is 0 Å². The Hall–Kier alpha value is -2.13. The number of rotatable bonds is 6. The number of carbonyl (C=O) groups is 3. The third kappa shape index (κ3) is 2.69. The lowest BCUT2D eigenvalue weighted by Gasteiger charge is -2.44. The zero-order valence-corrected chi connectivity index (χ0v) is 11.3. The van der Waals surface area contributed by atoms with Gasteiger partial charge in [-0.05, 0) is 18.9 Å². The Morgan fingerprint density at radius 2 is 2.19 bits per heavy atom. The molecule has 0 spiro atoms. The van der Waals surface area contributed by atoms with Gasteiger partial charge in [0.05, 0.1) is 24.7 Å². The molecule has 116 valence electrons. The largest absolute Gasteiger partial charge is 0.477 e. The van der Waals surface area contributed by atoms with Crippen molar-refractivity contribution in [3.63, 3.8) is 0 Å². The van der Waals surface area contributed by atoms with E-state index in [0.29, 0.717) is 12.0 Å². The quantitative estimate of drug-likeness (QED) is 0.325. The van der Waals surface area contributed by atoms with Crippen molar-refractivity contribution in [1.29, 1.82) is 0 Å². The highest BCUT2D eigenvalue weighted by Crippen LogP contribution is 2.43. The van der Waals surface area contributed by atoms with Gasteiger partial charge in [0.2, 0.25) is 5.91 Å². The number of hydrogen-bond acceptors (Lipinski definition) is 6. The molecule has 0 aromatic heterocycles. The number of nitrogens with zero attached hydrogens (tertiary/aromatic N) is 1. The lowest BCUT2D eigenvalue weighted by atomic mass is 9.83. The second-order valence-corrected chi connectivity index (χ2v) is 4.93. The molecule has 0 aromatic carbocycles. The van der Waals surface area contributed by atoms with Crippen LogP contribution in [-0.4, -0.2) is 58.6 Å². The van der Waals surface area contributed by atoms with E-state index in [1.807, 2.05) is 0 Å². The van der Waals surface area contributed by atoms with E-state index in [9.17, 15) is 24.6 Å². The van der Waals surface area contributed by atoms with E-state index in [4.69, 9.17) is 10.5 Å². The van der Waals surface area contributed by atoms with Crippen molar-refractivity contribution in [2.75, 3.05) is 13.4 Å². The lowest BCUT2D eigenvalue weighted by molar-refractivity contribution is -0.161. The summed E-state index contributed by atoms with van der Waals surface area (Å²) in [6.07, 6.45) is -1.53. The Kier molecular flexibility index (Phi) is 4.14. The van der Waals surface area contributed by atoms with Crippen molar-refractivity contribution in [3.8, 4) is 0 Å². The Labute approximate surface area is 119 Å². The SMILES string of the molecule is CC(O)C1C(=O)N2C(C(=O)O)=C(COCOC(N)=O)CC12. The minimum absolute atomic E-state index is 0.0955. The van der Waals surface area contributed by atoms with Crippen LogP contribution in [0.2, 0.25) is 0 Å². The third-order valence-electron chi connectivity index (χ3n) is 3.58. The first-order chi connectivity index (χ1) is 9.84. The number of aliphatic hydroxyl groups excluding tert-OH is 1. The fourth-order valence-electron chi connectivity index (χ4n) is 2.75. The number of aliphatic carboxylic acids is 1. The van der Waals surface area contributed by atoms with E-state index in [1.165, 1.54) is 11.8 Å². The molecule has 9 heteroatoms. The highest BCUT2D eigenvalue weighted by molar-refractivity contribution is 5.99. The van der Waals surface area contributed by atoms with Crippen LogP contribution >= 0.6 is 0 Å². The monoisotopic (exact) mass is 300 g/mol. The maximum Gasteiger partial charge on any atom is 0.406 e. The highest BCUT2D eigenvalue weighted by Gasteiger charge is 2.56. The summed E-state index contributed by atoms with van der Waals surface area (Å²) in [7, 11) is 0. The molecule has 3 atom stereocenters. The van der Waals surface area contributed by atoms with Crippen LogP contribution in [0.5, 0.6) is 0 Å². The van der Waals surface area contributed by atoms with Gasteiger partial charge in [-0.15, -0.1) is 0 Å². The molecule has 1 fully saturated rings. The molecule has 21 heavy (non-hydrogen) atoms. The Balaban J connectivity index is 2.04. The fourth-order valence-corrected chi connectivity index (χ4v) is 2.75. The third-order valence-corrected chi connectivity index (χ3v) is 3.58. The summed E-state index contributed by atoms with van der Waals surface area (Å²) in [5.41, 5.74) is 5.05. The Morgan fingerprint density at radius 3 is 2.71 bits per heavy atom. The van der Waals surface area contributed by atoms with Gasteiger partial charge in [-0.2, -0.15) is 0 Å². The smallest absolute Gasteiger partial charge is 0.406 e. The highest BCUT2D eigenvalue weighted by atomic mass is 16.7. The number of β-lactam (4-membered cyclic amide) rings is 1. The van der Waals surface area contributed by atoms with Gasteiger partial charge in [-0.25, -0.2) is 9.59 Å². The fraction of sp³-hybridized carbons (Fsp3) is 0.583. The number of carboxylic acid groups (broad SMARTS) is 1. The predicted octanol–water partition coefficient (Wildman–Crippen LogP) is -0.994. The molecule has 4 N–H and O–H groups in total. The summed E-state index contributed by atoms with van der Waals surface area (Å²) in [5.74, 6) is -2.24. The molecule has 9 nitrogen and oxygen atoms in total. The molecule has 0 aromatic rings. The first kappa shape index (κ1) is 15.3. The summed E-state index contributed by atoms with van der Waals surface area (Å²) in [4.78, 5) is 34.7. The molecule has 0 saturated carbocycles. The van der Waals surface area contributed by atoms with Crippen LogP contribution < -0.4 is 5.73 Å². The van der Waals surface area contributed by atoms with Crippen LogP contribution in [0.25, 0.3) is 0 Å². The molecule has 2 heterocycles. The van der Waals surface area contributed by atoms with Gasteiger partial charge >= 0.3 is 12.1 Å². The minimum Gasteiger partial charge on any atom is -0.477 e. The normalized spacial score (nSPS) is 25.4. The number of primary amides is 1. The van der Waals surface area contributed by atoms with Gasteiger partial charge < -0.3 is 30.3 Å². The van der Waals surface area contributed by atoms with Gasteiger partial charge in [-0.3, -0.25) is 4.79 Å². The van der Waals surface area contributed by atoms with E-state index < -0.39 is 36.8 Å². The van der Waals surface area contributed by atoms with Crippen molar-refractivity contribution in [3.05, 3.63) is 11.3 Å². The van der Waals surface area contributed by atoms with Crippen LogP contribution in [0.1, 0.15) is 13.3 Å². The number of ether oxygens (including phenoxy) is 2. The van der Waals surface area contributed by atoms with E-state index in [1.54, 1.807) is 0 Å². The van der Waals surface area contributed by atoms with Crippen molar-refractivity contribution >= 4 is 18.0 Å². The zero-order chi connectivity index (χ0) is 15.7. The Morgan fingerprint density at radius 1 is 1.52 bits per heavy atom. The average Bonchev–Trinajstić information content (AvgIpc) is 2.68. The molecule has 2 rings (SSSR count). The molecule has 0 bridgehead atoms. The number of aliphatic hydroxyl groups is 1. The summed E-state index contributed by atoms with van der Waals surface area (Å²) in [5, 5.41) is 18.8. The van der Waals surface area contributed by atoms with Crippen LogP contribution in [0.15, 0.2) is 11.3 Å². The molecule has 2 aliphatic heterocycles. The summed E-state index contributed by atoms with van der Waals surface area (Å²) in [6.45, 7) is 1.00. The van der Waals surface area contributed by atoms with Crippen LogP contribution in [0.4, 0.5) is 4.79 Å². The van der Waals surface area contributed by atoms with Crippen molar-refractivity contribution in [2.45, 2.75) is 25.5 Å². The standard InChI is InChI=1S/C12H16N2O7/c1-5(15)8-7-2-6(3-20-4-21-12(13)19)9(11(17)18)14(7)10(8)16/h5,7-8,15H,2-4H2,1H3,(H2,13,19)(H,17,18). The number of amides is 2. The molecular weight excluding hydrogens is 284 g/mol. The number of hydrogen-bond donors (Lipinski definition) is 3. The van der Waals surface area contributed by atoms with Crippen molar-refractivity contribution in [1.82, 2.24) is 4.90 Å². The van der Waals surface area contributed by atoms with E-state index >= 15 is 0 Å². The molecule has 3 unspecified atom stereocenters. The Bertz CT molecular complexity index is 514.